The summed E-state index contributed by atoms with van der Waals surface area (Å²) in [6.07, 6.45) is 7.86. The summed E-state index contributed by atoms with van der Waals surface area (Å²) in [6, 6.07) is 2.43. The summed E-state index contributed by atoms with van der Waals surface area (Å²) in [4.78, 5) is 10.8. The molecule has 1 fully saturated rings. The summed E-state index contributed by atoms with van der Waals surface area (Å²) < 4.78 is 2.04. The number of hydrogen-bond donors (Lipinski definition) is 1. The molecule has 0 amide bonds. The fourth-order valence-electron chi connectivity index (χ4n) is 2.68. The number of fused-ring (bicyclic) bond motifs is 1. The monoisotopic (exact) mass is 232 g/mol. The Kier molecular flexibility index (Phi) is 2.78. The molecular formula is C12H16N4O. The number of nitrogens with zero attached hydrogens (tertiary/aromatic N) is 4. The molecule has 0 spiro atoms. The van der Waals surface area contributed by atoms with Crippen molar-refractivity contribution in [3.63, 3.8) is 0 Å². The molecule has 0 unspecified atom stereocenters. The maximum atomic E-state index is 9.09. The number of hydrogen-bond acceptors (Lipinski definition) is 4. The van der Waals surface area contributed by atoms with Crippen molar-refractivity contribution in [2.75, 3.05) is 19.7 Å². The Morgan fingerprint density at radius 2 is 2.24 bits per heavy atom. The summed E-state index contributed by atoms with van der Waals surface area (Å²) in [6.45, 7) is 2.02. The van der Waals surface area contributed by atoms with Gasteiger partial charge in [0.15, 0.2) is 0 Å². The molecule has 17 heavy (non-hydrogen) atoms. The van der Waals surface area contributed by atoms with Gasteiger partial charge < -0.3 is 5.11 Å². The Morgan fingerprint density at radius 1 is 1.35 bits per heavy atom. The standard InChI is InChI=1S/C12H16N4O/c17-9-8-15-6-1-2-10(15)11-3-4-13-12-14-5-7-16(11)12/h3-5,7,10,17H,1-2,6,8-9H2/t10-/m1/s1. The van der Waals surface area contributed by atoms with E-state index in [0.717, 1.165) is 25.3 Å². The van der Waals surface area contributed by atoms with Crippen LogP contribution in [0.1, 0.15) is 24.6 Å². The number of aliphatic hydroxyl groups is 1. The SMILES string of the molecule is OCCN1CCC[C@@H]1c1ccnc2nccn12. The molecule has 2 aromatic heterocycles. The first-order chi connectivity index (χ1) is 8.40. The van der Waals surface area contributed by atoms with Crippen molar-refractivity contribution in [1.82, 2.24) is 19.3 Å². The second-order valence-corrected chi connectivity index (χ2v) is 4.38. The van der Waals surface area contributed by atoms with Gasteiger partial charge in [-0.05, 0) is 25.5 Å². The van der Waals surface area contributed by atoms with Gasteiger partial charge in [0.2, 0.25) is 5.78 Å². The van der Waals surface area contributed by atoms with E-state index in [9.17, 15) is 0 Å². The Labute approximate surface area is 99.7 Å². The van der Waals surface area contributed by atoms with Gasteiger partial charge in [-0.15, -0.1) is 0 Å². The fraction of sp³-hybridized carbons (Fsp3) is 0.500. The number of rotatable bonds is 3. The van der Waals surface area contributed by atoms with E-state index in [0.29, 0.717) is 6.04 Å². The molecule has 1 saturated heterocycles. The van der Waals surface area contributed by atoms with E-state index in [2.05, 4.69) is 20.9 Å². The lowest BCUT2D eigenvalue weighted by atomic mass is 10.1. The molecule has 0 radical (unpaired) electrons. The molecule has 1 N–H and O–H groups in total. The molecule has 0 bridgehead atoms. The van der Waals surface area contributed by atoms with Crippen LogP contribution in [0.15, 0.2) is 24.7 Å². The molecule has 1 aliphatic rings. The van der Waals surface area contributed by atoms with Gasteiger partial charge in [0.05, 0.1) is 12.6 Å². The van der Waals surface area contributed by atoms with E-state index < -0.39 is 0 Å². The van der Waals surface area contributed by atoms with E-state index in [-0.39, 0.29) is 6.61 Å². The average molecular weight is 232 g/mol. The highest BCUT2D eigenvalue weighted by Gasteiger charge is 2.27. The van der Waals surface area contributed by atoms with Crippen molar-refractivity contribution in [1.29, 1.82) is 0 Å². The fourth-order valence-corrected chi connectivity index (χ4v) is 2.68. The predicted molar refractivity (Wildman–Crippen MR) is 63.6 cm³/mol. The minimum Gasteiger partial charge on any atom is -0.395 e. The number of β-amino-alcohol motifs (C(OH)–C–C–N with tert-alkyl or cyclic N) is 1. The molecule has 5 heteroatoms. The molecule has 3 heterocycles. The zero-order valence-electron chi connectivity index (χ0n) is 9.66. The Balaban J connectivity index is 1.99. The van der Waals surface area contributed by atoms with Crippen LogP contribution in [0.25, 0.3) is 5.78 Å². The van der Waals surface area contributed by atoms with E-state index in [1.807, 2.05) is 16.8 Å². The normalized spacial score (nSPS) is 21.4. The van der Waals surface area contributed by atoms with E-state index >= 15 is 0 Å². The minimum atomic E-state index is 0.217. The van der Waals surface area contributed by atoms with Gasteiger partial charge in [-0.25, -0.2) is 9.97 Å². The summed E-state index contributed by atoms with van der Waals surface area (Å²) in [5.74, 6) is 0.748. The third-order valence-electron chi connectivity index (χ3n) is 3.43. The van der Waals surface area contributed by atoms with Crippen molar-refractivity contribution in [3.8, 4) is 0 Å². The average Bonchev–Trinajstić information content (AvgIpc) is 2.96. The van der Waals surface area contributed by atoms with Crippen LogP contribution in [0.4, 0.5) is 0 Å². The van der Waals surface area contributed by atoms with Gasteiger partial charge in [0.1, 0.15) is 0 Å². The van der Waals surface area contributed by atoms with Crippen LogP contribution in [-0.2, 0) is 0 Å². The third-order valence-corrected chi connectivity index (χ3v) is 3.43. The maximum absolute atomic E-state index is 9.09. The Bertz CT molecular complexity index is 510. The Morgan fingerprint density at radius 3 is 3.12 bits per heavy atom. The first-order valence-corrected chi connectivity index (χ1v) is 6.03. The van der Waals surface area contributed by atoms with E-state index in [1.165, 1.54) is 12.1 Å². The number of aliphatic hydroxyl groups excluding tert-OH is 1. The number of likely N-dealkylation sites (tertiary alicyclic amines) is 1. The molecule has 2 aromatic rings. The number of imidazole rings is 1. The lowest BCUT2D eigenvalue weighted by molar-refractivity contribution is 0.183. The van der Waals surface area contributed by atoms with Gasteiger partial charge in [0, 0.05) is 30.8 Å². The van der Waals surface area contributed by atoms with Crippen LogP contribution in [0.5, 0.6) is 0 Å². The van der Waals surface area contributed by atoms with Crippen LogP contribution in [0.3, 0.4) is 0 Å². The largest absolute Gasteiger partial charge is 0.395 e. The van der Waals surface area contributed by atoms with Gasteiger partial charge in [0.25, 0.3) is 0 Å². The lowest BCUT2D eigenvalue weighted by Gasteiger charge is -2.24. The van der Waals surface area contributed by atoms with Crippen molar-refractivity contribution in [2.24, 2.45) is 0 Å². The third kappa shape index (κ3) is 1.81. The van der Waals surface area contributed by atoms with Crippen LogP contribution >= 0.6 is 0 Å². The van der Waals surface area contributed by atoms with Crippen molar-refractivity contribution in [2.45, 2.75) is 18.9 Å². The first kappa shape index (κ1) is 10.7. The van der Waals surface area contributed by atoms with E-state index in [1.54, 1.807) is 6.20 Å². The topological polar surface area (TPSA) is 53.7 Å². The molecule has 3 rings (SSSR count). The molecule has 1 atom stereocenters. The van der Waals surface area contributed by atoms with Gasteiger partial charge in [-0.2, -0.15) is 0 Å². The lowest BCUT2D eigenvalue weighted by Crippen LogP contribution is -2.27. The van der Waals surface area contributed by atoms with Crippen LogP contribution < -0.4 is 0 Å². The number of aromatic nitrogens is 3. The highest BCUT2D eigenvalue weighted by Crippen LogP contribution is 2.31. The molecule has 5 nitrogen and oxygen atoms in total. The highest BCUT2D eigenvalue weighted by molar-refractivity contribution is 5.31. The van der Waals surface area contributed by atoms with Crippen LogP contribution in [-0.4, -0.2) is 44.1 Å². The smallest absolute Gasteiger partial charge is 0.233 e. The molecule has 0 aliphatic carbocycles. The summed E-state index contributed by atoms with van der Waals surface area (Å²) >= 11 is 0. The summed E-state index contributed by atoms with van der Waals surface area (Å²) in [5.41, 5.74) is 1.22. The van der Waals surface area contributed by atoms with E-state index in [4.69, 9.17) is 5.11 Å². The van der Waals surface area contributed by atoms with Crippen molar-refractivity contribution in [3.05, 3.63) is 30.4 Å². The molecule has 90 valence electrons. The second kappa shape index (κ2) is 4.43. The van der Waals surface area contributed by atoms with Crippen LogP contribution in [0.2, 0.25) is 0 Å². The second-order valence-electron chi connectivity index (χ2n) is 4.38. The Hall–Kier alpha value is -1.46. The minimum absolute atomic E-state index is 0.217. The van der Waals surface area contributed by atoms with Crippen molar-refractivity contribution >= 4 is 5.78 Å². The van der Waals surface area contributed by atoms with Gasteiger partial charge in [-0.1, -0.05) is 0 Å². The molecule has 0 saturated carbocycles. The van der Waals surface area contributed by atoms with Gasteiger partial charge >= 0.3 is 0 Å². The summed E-state index contributed by atoms with van der Waals surface area (Å²) in [7, 11) is 0. The highest BCUT2D eigenvalue weighted by atomic mass is 16.3. The zero-order chi connectivity index (χ0) is 11.7. The molecular weight excluding hydrogens is 216 g/mol. The molecule has 0 aromatic carbocycles. The first-order valence-electron chi connectivity index (χ1n) is 6.03. The van der Waals surface area contributed by atoms with Gasteiger partial charge in [-0.3, -0.25) is 9.30 Å². The predicted octanol–water partition coefficient (Wildman–Crippen LogP) is 0.858. The quantitative estimate of drug-likeness (QED) is 0.852. The summed E-state index contributed by atoms with van der Waals surface area (Å²) in [5, 5.41) is 9.09. The van der Waals surface area contributed by atoms with Crippen LogP contribution in [0, 0.1) is 0 Å². The maximum Gasteiger partial charge on any atom is 0.233 e. The van der Waals surface area contributed by atoms with Crippen molar-refractivity contribution < 1.29 is 5.11 Å². The zero-order valence-corrected chi connectivity index (χ0v) is 9.66. The molecule has 1 aliphatic heterocycles.